The van der Waals surface area contributed by atoms with Crippen molar-refractivity contribution in [2.24, 2.45) is 0 Å². The minimum absolute atomic E-state index is 0.251. The molecule has 0 aliphatic heterocycles. The van der Waals surface area contributed by atoms with Crippen LogP contribution in [0.3, 0.4) is 0 Å². The molecule has 0 spiro atoms. The van der Waals surface area contributed by atoms with E-state index in [0.29, 0.717) is 0 Å². The lowest BCUT2D eigenvalue weighted by molar-refractivity contribution is 0.687. The highest BCUT2D eigenvalue weighted by atomic mass is 32.1. The summed E-state index contributed by atoms with van der Waals surface area (Å²) in [4.78, 5) is 7.14. The first kappa shape index (κ1) is 10.8. The van der Waals surface area contributed by atoms with Crippen molar-refractivity contribution in [2.45, 2.75) is 19.4 Å². The molecule has 1 unspecified atom stereocenters. The Hall–Kier alpha value is -0.710. The van der Waals surface area contributed by atoms with Crippen molar-refractivity contribution in [3.63, 3.8) is 0 Å². The van der Waals surface area contributed by atoms with Gasteiger partial charge in [-0.2, -0.15) is 0 Å². The zero-order valence-electron chi connectivity index (χ0n) is 8.86. The largest absolute Gasteiger partial charge is 0.307 e. The normalized spacial score (nSPS) is 12.9. The highest BCUT2D eigenvalue weighted by Gasteiger charge is 2.15. The summed E-state index contributed by atoms with van der Waals surface area (Å²) < 4.78 is 0. The van der Waals surface area contributed by atoms with Gasteiger partial charge in [-0.3, -0.25) is 0 Å². The molecular weight excluding hydrogens is 224 g/mol. The maximum atomic E-state index is 4.36. The van der Waals surface area contributed by atoms with Crippen LogP contribution < -0.4 is 5.32 Å². The van der Waals surface area contributed by atoms with Gasteiger partial charge in [0.25, 0.3) is 0 Å². The average Bonchev–Trinajstić information content (AvgIpc) is 2.89. The van der Waals surface area contributed by atoms with E-state index in [0.717, 1.165) is 12.1 Å². The van der Waals surface area contributed by atoms with Gasteiger partial charge in [0.2, 0.25) is 0 Å². The Balaban J connectivity index is 2.27. The van der Waals surface area contributed by atoms with E-state index in [1.807, 2.05) is 23.9 Å². The quantitative estimate of drug-likeness (QED) is 0.885. The minimum Gasteiger partial charge on any atom is -0.307 e. The molecule has 2 nitrogen and oxygen atoms in total. The van der Waals surface area contributed by atoms with Crippen LogP contribution in [0.4, 0.5) is 0 Å². The maximum absolute atomic E-state index is 4.36. The van der Waals surface area contributed by atoms with Crippen LogP contribution in [0, 0.1) is 0 Å². The van der Waals surface area contributed by atoms with Crippen molar-refractivity contribution in [1.29, 1.82) is 0 Å². The fourth-order valence-corrected chi connectivity index (χ4v) is 3.20. The number of nitrogens with zero attached hydrogens (tertiary/aromatic N) is 1. The molecule has 0 aliphatic carbocycles. The first-order chi connectivity index (χ1) is 7.35. The molecule has 1 N–H and O–H groups in total. The highest BCUT2D eigenvalue weighted by molar-refractivity contribution is 7.12. The number of thiophene rings is 1. The maximum Gasteiger partial charge on any atom is 0.0851 e. The van der Waals surface area contributed by atoms with Crippen molar-refractivity contribution in [2.75, 3.05) is 7.05 Å². The van der Waals surface area contributed by atoms with E-state index in [-0.39, 0.29) is 6.04 Å². The lowest BCUT2D eigenvalue weighted by atomic mass is 10.2. The van der Waals surface area contributed by atoms with Crippen molar-refractivity contribution >= 4 is 22.7 Å². The third-order valence-corrected chi connectivity index (χ3v) is 4.25. The average molecular weight is 238 g/mol. The standard InChI is InChI=1S/C11H14N2S2/c1-3-8-4-5-10(15-8)11(12-2)9-6-14-7-13-9/h4-7,11-12H,3H2,1-2H3. The first-order valence-electron chi connectivity index (χ1n) is 4.99. The van der Waals surface area contributed by atoms with Crippen molar-refractivity contribution in [1.82, 2.24) is 10.3 Å². The van der Waals surface area contributed by atoms with Crippen molar-refractivity contribution in [3.05, 3.63) is 38.5 Å². The summed E-state index contributed by atoms with van der Waals surface area (Å²) in [5.41, 5.74) is 3.00. The van der Waals surface area contributed by atoms with Crippen LogP contribution in [0.1, 0.15) is 28.4 Å². The minimum atomic E-state index is 0.251. The molecule has 0 aromatic carbocycles. The summed E-state index contributed by atoms with van der Waals surface area (Å²) in [7, 11) is 1.98. The molecule has 0 radical (unpaired) electrons. The molecule has 15 heavy (non-hydrogen) atoms. The summed E-state index contributed by atoms with van der Waals surface area (Å²) in [5, 5.41) is 5.42. The van der Waals surface area contributed by atoms with Crippen molar-refractivity contribution < 1.29 is 0 Å². The molecule has 80 valence electrons. The molecule has 2 aromatic heterocycles. The lowest BCUT2D eigenvalue weighted by Gasteiger charge is -2.11. The Morgan fingerprint density at radius 2 is 2.33 bits per heavy atom. The zero-order chi connectivity index (χ0) is 10.7. The van der Waals surface area contributed by atoms with Gasteiger partial charge in [-0.25, -0.2) is 4.98 Å². The molecule has 1 atom stereocenters. The van der Waals surface area contributed by atoms with Gasteiger partial charge in [-0.1, -0.05) is 6.92 Å². The monoisotopic (exact) mass is 238 g/mol. The topological polar surface area (TPSA) is 24.9 Å². The summed E-state index contributed by atoms with van der Waals surface area (Å²) in [6, 6.07) is 4.65. The Morgan fingerprint density at radius 1 is 1.47 bits per heavy atom. The second-order valence-electron chi connectivity index (χ2n) is 3.29. The number of nitrogens with one attached hydrogen (secondary N) is 1. The third-order valence-electron chi connectivity index (χ3n) is 2.35. The van der Waals surface area contributed by atoms with Crippen LogP contribution in [0.2, 0.25) is 0 Å². The summed E-state index contributed by atoms with van der Waals surface area (Å²) in [6.45, 7) is 2.19. The Labute approximate surface area is 98.0 Å². The summed E-state index contributed by atoms with van der Waals surface area (Å²) in [5.74, 6) is 0. The van der Waals surface area contributed by atoms with Gasteiger partial charge in [0, 0.05) is 15.1 Å². The molecule has 2 aromatic rings. The molecule has 0 saturated heterocycles. The van der Waals surface area contributed by atoms with E-state index < -0.39 is 0 Å². The van der Waals surface area contributed by atoms with Gasteiger partial charge >= 0.3 is 0 Å². The third kappa shape index (κ3) is 2.27. The van der Waals surface area contributed by atoms with Gasteiger partial charge < -0.3 is 5.32 Å². The number of rotatable bonds is 4. The van der Waals surface area contributed by atoms with Gasteiger partial charge in [-0.15, -0.1) is 22.7 Å². The van der Waals surface area contributed by atoms with E-state index in [2.05, 4.69) is 34.7 Å². The summed E-state index contributed by atoms with van der Waals surface area (Å²) >= 11 is 3.51. The second-order valence-corrected chi connectivity index (χ2v) is 5.21. The fourth-order valence-electron chi connectivity index (χ4n) is 1.54. The molecule has 0 amide bonds. The predicted octanol–water partition coefficient (Wildman–Crippen LogP) is 3.08. The van der Waals surface area contributed by atoms with E-state index in [4.69, 9.17) is 0 Å². The van der Waals surface area contributed by atoms with Crippen LogP contribution in [0.25, 0.3) is 0 Å². The summed E-state index contributed by atoms with van der Waals surface area (Å²) in [6.07, 6.45) is 1.11. The number of hydrogen-bond acceptors (Lipinski definition) is 4. The molecule has 0 bridgehead atoms. The van der Waals surface area contributed by atoms with Gasteiger partial charge in [0.15, 0.2) is 0 Å². The van der Waals surface area contributed by atoms with Gasteiger partial charge in [-0.05, 0) is 25.6 Å². The number of thiazole rings is 1. The van der Waals surface area contributed by atoms with E-state index in [1.54, 1.807) is 11.3 Å². The number of aromatic nitrogens is 1. The van der Waals surface area contributed by atoms with E-state index in [1.165, 1.54) is 9.75 Å². The molecule has 4 heteroatoms. The molecule has 2 rings (SSSR count). The van der Waals surface area contributed by atoms with Gasteiger partial charge in [0.05, 0.1) is 17.2 Å². The molecule has 0 saturated carbocycles. The van der Waals surface area contributed by atoms with Gasteiger partial charge in [0.1, 0.15) is 0 Å². The Morgan fingerprint density at radius 3 is 2.87 bits per heavy atom. The highest BCUT2D eigenvalue weighted by Crippen LogP contribution is 2.28. The lowest BCUT2D eigenvalue weighted by Crippen LogP contribution is -2.16. The number of hydrogen-bond donors (Lipinski definition) is 1. The van der Waals surface area contributed by atoms with Crippen LogP contribution in [0.5, 0.6) is 0 Å². The first-order valence-corrected chi connectivity index (χ1v) is 6.75. The van der Waals surface area contributed by atoms with Crippen LogP contribution in [-0.4, -0.2) is 12.0 Å². The van der Waals surface area contributed by atoms with E-state index >= 15 is 0 Å². The Kier molecular flexibility index (Phi) is 3.51. The fraction of sp³-hybridized carbons (Fsp3) is 0.364. The van der Waals surface area contributed by atoms with Crippen LogP contribution in [0.15, 0.2) is 23.0 Å². The van der Waals surface area contributed by atoms with Crippen LogP contribution in [-0.2, 0) is 6.42 Å². The zero-order valence-corrected chi connectivity index (χ0v) is 10.5. The predicted molar refractivity (Wildman–Crippen MR) is 66.7 cm³/mol. The molecule has 0 fully saturated rings. The SMILES string of the molecule is CCc1ccc(C(NC)c2cscn2)s1. The molecule has 0 aliphatic rings. The molecular formula is C11H14N2S2. The second kappa shape index (κ2) is 4.88. The van der Waals surface area contributed by atoms with Crippen molar-refractivity contribution in [3.8, 4) is 0 Å². The number of aryl methyl sites for hydroxylation is 1. The Bertz CT molecular complexity index is 406. The smallest absolute Gasteiger partial charge is 0.0851 e. The molecule has 2 heterocycles. The van der Waals surface area contributed by atoms with E-state index in [9.17, 15) is 0 Å². The van der Waals surface area contributed by atoms with Crippen LogP contribution >= 0.6 is 22.7 Å².